The number of anilines is 1. The molecular formula is C15H24N2O2. The van der Waals surface area contributed by atoms with Gasteiger partial charge in [0, 0.05) is 18.3 Å². The lowest BCUT2D eigenvalue weighted by atomic mass is 10.1. The predicted octanol–water partition coefficient (Wildman–Crippen LogP) is 2.72. The molecule has 106 valence electrons. The molecule has 0 saturated heterocycles. The van der Waals surface area contributed by atoms with Crippen LogP contribution in [-0.2, 0) is 9.53 Å². The van der Waals surface area contributed by atoms with E-state index in [1.54, 1.807) is 0 Å². The van der Waals surface area contributed by atoms with Gasteiger partial charge in [-0.1, -0.05) is 19.1 Å². The Labute approximate surface area is 115 Å². The predicted molar refractivity (Wildman–Crippen MR) is 78.3 cm³/mol. The Morgan fingerprint density at radius 1 is 1.26 bits per heavy atom. The van der Waals surface area contributed by atoms with Crippen molar-refractivity contribution in [2.45, 2.75) is 32.7 Å². The van der Waals surface area contributed by atoms with Crippen LogP contribution in [0, 0.1) is 0 Å². The van der Waals surface area contributed by atoms with E-state index >= 15 is 0 Å². The van der Waals surface area contributed by atoms with E-state index in [9.17, 15) is 4.79 Å². The van der Waals surface area contributed by atoms with Gasteiger partial charge in [0.05, 0.1) is 13.0 Å². The van der Waals surface area contributed by atoms with Crippen LogP contribution < -0.4 is 10.6 Å². The van der Waals surface area contributed by atoms with Crippen LogP contribution in [0.4, 0.5) is 5.69 Å². The summed E-state index contributed by atoms with van der Waals surface area (Å²) in [5.74, 6) is -0.00878. The molecule has 0 aromatic heterocycles. The summed E-state index contributed by atoms with van der Waals surface area (Å²) in [6.45, 7) is 5.34. The zero-order valence-electron chi connectivity index (χ0n) is 12.0. The molecule has 0 aliphatic carbocycles. The Bertz CT molecular complexity index is 376. The summed E-state index contributed by atoms with van der Waals surface area (Å²) in [7, 11) is 1.93. The topological polar surface area (TPSA) is 50.4 Å². The van der Waals surface area contributed by atoms with Crippen LogP contribution in [0.3, 0.4) is 0 Å². The van der Waals surface area contributed by atoms with Crippen LogP contribution in [0.5, 0.6) is 0 Å². The van der Waals surface area contributed by atoms with Crippen LogP contribution in [0.25, 0.3) is 0 Å². The Morgan fingerprint density at radius 3 is 2.53 bits per heavy atom. The number of benzene rings is 1. The standard InChI is InChI=1S/C15H24N2O2/c1-4-10-19-11-9-15(18)17-14-7-5-13(6-8-14)12(2)16-3/h5-8,12,16H,4,9-11H2,1-3H3,(H,17,18). The average molecular weight is 264 g/mol. The van der Waals surface area contributed by atoms with Crippen molar-refractivity contribution in [1.29, 1.82) is 0 Å². The number of amides is 1. The van der Waals surface area contributed by atoms with E-state index in [0.29, 0.717) is 25.7 Å². The van der Waals surface area contributed by atoms with Gasteiger partial charge in [0.1, 0.15) is 0 Å². The molecule has 4 heteroatoms. The fourth-order valence-corrected chi connectivity index (χ4v) is 1.66. The fraction of sp³-hybridized carbons (Fsp3) is 0.533. The lowest BCUT2D eigenvalue weighted by Crippen LogP contribution is -2.15. The van der Waals surface area contributed by atoms with Crippen LogP contribution in [-0.4, -0.2) is 26.2 Å². The Kier molecular flexibility index (Phi) is 7.15. The van der Waals surface area contributed by atoms with Crippen LogP contribution in [0.2, 0.25) is 0 Å². The summed E-state index contributed by atoms with van der Waals surface area (Å²) in [5.41, 5.74) is 2.03. The van der Waals surface area contributed by atoms with E-state index in [1.165, 1.54) is 5.56 Å². The van der Waals surface area contributed by atoms with E-state index in [-0.39, 0.29) is 5.91 Å². The van der Waals surface area contributed by atoms with E-state index in [2.05, 4.69) is 17.6 Å². The quantitative estimate of drug-likeness (QED) is 0.710. The molecule has 0 bridgehead atoms. The molecule has 1 amide bonds. The van der Waals surface area contributed by atoms with Gasteiger partial charge in [0.2, 0.25) is 5.91 Å². The maximum absolute atomic E-state index is 11.6. The SMILES string of the molecule is CCCOCCC(=O)Nc1ccc(C(C)NC)cc1. The molecule has 0 aliphatic heterocycles. The van der Waals surface area contributed by atoms with Crippen molar-refractivity contribution >= 4 is 11.6 Å². The minimum atomic E-state index is -0.00878. The maximum Gasteiger partial charge on any atom is 0.226 e. The molecule has 0 saturated carbocycles. The molecule has 1 atom stereocenters. The number of ether oxygens (including phenoxy) is 1. The smallest absolute Gasteiger partial charge is 0.226 e. The summed E-state index contributed by atoms with van der Waals surface area (Å²) in [6.07, 6.45) is 1.38. The molecule has 1 aromatic rings. The summed E-state index contributed by atoms with van der Waals surface area (Å²) >= 11 is 0. The summed E-state index contributed by atoms with van der Waals surface area (Å²) in [6, 6.07) is 8.20. The molecular weight excluding hydrogens is 240 g/mol. The van der Waals surface area contributed by atoms with Gasteiger partial charge in [-0.25, -0.2) is 0 Å². The highest BCUT2D eigenvalue weighted by atomic mass is 16.5. The first-order chi connectivity index (χ1) is 9.17. The lowest BCUT2D eigenvalue weighted by molar-refractivity contribution is -0.117. The van der Waals surface area contributed by atoms with Gasteiger partial charge in [-0.2, -0.15) is 0 Å². The third-order valence-electron chi connectivity index (χ3n) is 2.95. The molecule has 4 nitrogen and oxygen atoms in total. The third-order valence-corrected chi connectivity index (χ3v) is 2.95. The van der Waals surface area contributed by atoms with Crippen molar-refractivity contribution < 1.29 is 9.53 Å². The summed E-state index contributed by atoms with van der Waals surface area (Å²) in [5, 5.41) is 6.04. The van der Waals surface area contributed by atoms with E-state index < -0.39 is 0 Å². The molecule has 0 radical (unpaired) electrons. The van der Waals surface area contributed by atoms with Gasteiger partial charge in [-0.3, -0.25) is 4.79 Å². The Hall–Kier alpha value is -1.39. The summed E-state index contributed by atoms with van der Waals surface area (Å²) < 4.78 is 5.29. The van der Waals surface area contributed by atoms with E-state index in [4.69, 9.17) is 4.74 Å². The second-order valence-electron chi connectivity index (χ2n) is 4.54. The number of hydrogen-bond donors (Lipinski definition) is 2. The number of carbonyl (C=O) groups excluding carboxylic acids is 1. The monoisotopic (exact) mass is 264 g/mol. The van der Waals surface area contributed by atoms with Gasteiger partial charge >= 0.3 is 0 Å². The Morgan fingerprint density at radius 2 is 1.95 bits per heavy atom. The number of carbonyl (C=O) groups is 1. The van der Waals surface area contributed by atoms with Crippen molar-refractivity contribution in [3.8, 4) is 0 Å². The maximum atomic E-state index is 11.6. The number of hydrogen-bond acceptors (Lipinski definition) is 3. The molecule has 0 aliphatic rings. The average Bonchev–Trinajstić information content (AvgIpc) is 2.43. The second kappa shape index (κ2) is 8.67. The minimum absolute atomic E-state index is 0.00878. The van der Waals surface area contributed by atoms with Gasteiger partial charge < -0.3 is 15.4 Å². The molecule has 1 rings (SSSR count). The molecule has 19 heavy (non-hydrogen) atoms. The zero-order chi connectivity index (χ0) is 14.1. The molecule has 1 aromatic carbocycles. The third kappa shape index (κ3) is 5.85. The highest BCUT2D eigenvalue weighted by molar-refractivity contribution is 5.90. The van der Waals surface area contributed by atoms with Gasteiger partial charge in [-0.05, 0) is 38.1 Å². The van der Waals surface area contributed by atoms with Gasteiger partial charge in [0.15, 0.2) is 0 Å². The van der Waals surface area contributed by atoms with Crippen molar-refractivity contribution in [3.05, 3.63) is 29.8 Å². The molecule has 0 heterocycles. The van der Waals surface area contributed by atoms with Gasteiger partial charge in [-0.15, -0.1) is 0 Å². The lowest BCUT2D eigenvalue weighted by Gasteiger charge is -2.11. The van der Waals surface area contributed by atoms with Crippen molar-refractivity contribution in [1.82, 2.24) is 5.32 Å². The van der Waals surface area contributed by atoms with Crippen LogP contribution >= 0.6 is 0 Å². The van der Waals surface area contributed by atoms with Gasteiger partial charge in [0.25, 0.3) is 0 Å². The van der Waals surface area contributed by atoms with Crippen molar-refractivity contribution in [2.75, 3.05) is 25.6 Å². The second-order valence-corrected chi connectivity index (χ2v) is 4.54. The van der Waals surface area contributed by atoms with Crippen LogP contribution in [0.1, 0.15) is 38.3 Å². The highest BCUT2D eigenvalue weighted by Gasteiger charge is 2.04. The van der Waals surface area contributed by atoms with Crippen LogP contribution in [0.15, 0.2) is 24.3 Å². The minimum Gasteiger partial charge on any atom is -0.381 e. The normalized spacial score (nSPS) is 12.2. The highest BCUT2D eigenvalue weighted by Crippen LogP contribution is 2.15. The van der Waals surface area contributed by atoms with Crippen molar-refractivity contribution in [3.63, 3.8) is 0 Å². The number of nitrogens with one attached hydrogen (secondary N) is 2. The first kappa shape index (κ1) is 15.7. The zero-order valence-corrected chi connectivity index (χ0v) is 12.0. The first-order valence-electron chi connectivity index (χ1n) is 6.82. The van der Waals surface area contributed by atoms with Crippen molar-refractivity contribution in [2.24, 2.45) is 0 Å². The first-order valence-corrected chi connectivity index (χ1v) is 6.82. The fourth-order valence-electron chi connectivity index (χ4n) is 1.66. The van der Waals surface area contributed by atoms with E-state index in [1.807, 2.05) is 38.2 Å². The molecule has 0 fully saturated rings. The largest absolute Gasteiger partial charge is 0.381 e. The molecule has 1 unspecified atom stereocenters. The Balaban J connectivity index is 2.38. The van der Waals surface area contributed by atoms with E-state index in [0.717, 1.165) is 12.1 Å². The molecule has 0 spiro atoms. The molecule has 2 N–H and O–H groups in total. The number of rotatable bonds is 8. The summed E-state index contributed by atoms with van der Waals surface area (Å²) in [4.78, 5) is 11.6.